The summed E-state index contributed by atoms with van der Waals surface area (Å²) in [5.41, 5.74) is 0. The Labute approximate surface area is 110 Å². The van der Waals surface area contributed by atoms with Gasteiger partial charge in [0.2, 0.25) is 0 Å². The maximum Gasteiger partial charge on any atom is 0.0926 e. The van der Waals surface area contributed by atoms with Gasteiger partial charge >= 0.3 is 0 Å². The first kappa shape index (κ1) is 13.9. The van der Waals surface area contributed by atoms with Gasteiger partial charge < -0.3 is 10.0 Å². The Hall–Kier alpha value is -0.480. The molecule has 3 atom stereocenters. The fourth-order valence-corrected chi connectivity index (χ4v) is 3.62. The average Bonchev–Trinajstić information content (AvgIpc) is 2.32. The number of aliphatic hydroxyl groups is 1. The fraction of sp³-hybridized carbons (Fsp3) is 1.00. The minimum absolute atomic E-state index is 0.0923. The Balaban J connectivity index is 1.79. The SMILES string of the molecule is CC1C(CCO)CCN(CC2CC(N=O)C2)C1C. The van der Waals surface area contributed by atoms with Crippen LogP contribution in [-0.2, 0) is 0 Å². The van der Waals surface area contributed by atoms with E-state index in [4.69, 9.17) is 5.11 Å². The van der Waals surface area contributed by atoms with Gasteiger partial charge in [-0.3, -0.25) is 0 Å². The Bertz CT molecular complexity index is 279. The Morgan fingerprint density at radius 3 is 2.67 bits per heavy atom. The van der Waals surface area contributed by atoms with Gasteiger partial charge in [-0.2, -0.15) is 4.91 Å². The van der Waals surface area contributed by atoms with Crippen molar-refractivity contribution in [1.29, 1.82) is 0 Å². The molecule has 1 aliphatic carbocycles. The summed E-state index contributed by atoms with van der Waals surface area (Å²) >= 11 is 0. The van der Waals surface area contributed by atoms with Gasteiger partial charge in [-0.05, 0) is 56.9 Å². The number of nitrogens with zero attached hydrogens (tertiary/aromatic N) is 2. The van der Waals surface area contributed by atoms with Crippen molar-refractivity contribution in [3.8, 4) is 0 Å². The number of rotatable bonds is 5. The molecule has 1 saturated heterocycles. The molecule has 0 amide bonds. The van der Waals surface area contributed by atoms with Crippen molar-refractivity contribution in [3.63, 3.8) is 0 Å². The second kappa shape index (κ2) is 6.11. The smallest absolute Gasteiger partial charge is 0.0926 e. The topological polar surface area (TPSA) is 52.9 Å². The summed E-state index contributed by atoms with van der Waals surface area (Å²) in [6.45, 7) is 7.21. The Kier molecular flexibility index (Phi) is 4.73. The largest absolute Gasteiger partial charge is 0.396 e. The molecule has 4 nitrogen and oxygen atoms in total. The first-order valence-corrected chi connectivity index (χ1v) is 7.33. The summed E-state index contributed by atoms with van der Waals surface area (Å²) in [6.07, 6.45) is 4.12. The summed E-state index contributed by atoms with van der Waals surface area (Å²) < 4.78 is 0. The molecule has 3 unspecified atom stereocenters. The van der Waals surface area contributed by atoms with Crippen molar-refractivity contribution < 1.29 is 5.11 Å². The molecule has 18 heavy (non-hydrogen) atoms. The number of likely N-dealkylation sites (tertiary alicyclic amines) is 1. The van der Waals surface area contributed by atoms with E-state index in [1.54, 1.807) is 0 Å². The number of nitroso groups, excluding NO2 is 1. The lowest BCUT2D eigenvalue weighted by molar-refractivity contribution is 0.0310. The number of aliphatic hydroxyl groups excluding tert-OH is 1. The molecule has 0 bridgehead atoms. The van der Waals surface area contributed by atoms with E-state index in [1.807, 2.05) is 0 Å². The molecule has 0 radical (unpaired) electrons. The van der Waals surface area contributed by atoms with Crippen LogP contribution in [0.1, 0.15) is 39.5 Å². The number of hydrogen-bond acceptors (Lipinski definition) is 4. The molecular weight excluding hydrogens is 228 g/mol. The van der Waals surface area contributed by atoms with Crippen molar-refractivity contribution >= 4 is 0 Å². The van der Waals surface area contributed by atoms with E-state index in [0.717, 1.165) is 32.4 Å². The zero-order valence-electron chi connectivity index (χ0n) is 11.6. The minimum atomic E-state index is 0.0923. The van der Waals surface area contributed by atoms with Crippen LogP contribution in [0, 0.1) is 22.7 Å². The standard InChI is InChI=1S/C14H26N2O2/c1-10-11(2)16(5-3-13(10)4-6-17)9-12-7-14(8-12)15-18/h10-14,17H,3-9H2,1-2H3. The summed E-state index contributed by atoms with van der Waals surface area (Å²) in [4.78, 5) is 12.9. The molecule has 104 valence electrons. The van der Waals surface area contributed by atoms with E-state index in [0.29, 0.717) is 30.4 Å². The van der Waals surface area contributed by atoms with Crippen LogP contribution in [0.4, 0.5) is 0 Å². The fourth-order valence-electron chi connectivity index (χ4n) is 3.62. The van der Waals surface area contributed by atoms with Crippen LogP contribution in [0.3, 0.4) is 0 Å². The first-order valence-electron chi connectivity index (χ1n) is 7.33. The van der Waals surface area contributed by atoms with E-state index < -0.39 is 0 Å². The van der Waals surface area contributed by atoms with Gasteiger partial charge in [-0.1, -0.05) is 12.1 Å². The lowest BCUT2D eigenvalue weighted by Crippen LogP contribution is -2.50. The van der Waals surface area contributed by atoms with Crippen LogP contribution in [0.5, 0.6) is 0 Å². The zero-order chi connectivity index (χ0) is 13.1. The molecule has 1 saturated carbocycles. The third-order valence-electron chi connectivity index (χ3n) is 5.22. The van der Waals surface area contributed by atoms with Crippen molar-refractivity contribution in [2.24, 2.45) is 22.9 Å². The highest BCUT2D eigenvalue weighted by atomic mass is 16.3. The summed E-state index contributed by atoms with van der Waals surface area (Å²) in [5, 5.41) is 12.2. The molecule has 2 fully saturated rings. The summed E-state index contributed by atoms with van der Waals surface area (Å²) in [5.74, 6) is 2.01. The number of piperidine rings is 1. The van der Waals surface area contributed by atoms with Crippen LogP contribution >= 0.6 is 0 Å². The van der Waals surface area contributed by atoms with E-state index in [-0.39, 0.29) is 6.04 Å². The van der Waals surface area contributed by atoms with E-state index in [2.05, 4.69) is 23.9 Å². The first-order chi connectivity index (χ1) is 8.65. The molecule has 1 heterocycles. The van der Waals surface area contributed by atoms with E-state index in [1.165, 1.54) is 6.42 Å². The van der Waals surface area contributed by atoms with Gasteiger partial charge in [-0.15, -0.1) is 0 Å². The lowest BCUT2D eigenvalue weighted by Gasteiger charge is -2.45. The van der Waals surface area contributed by atoms with Gasteiger partial charge in [-0.25, -0.2) is 0 Å². The summed E-state index contributed by atoms with van der Waals surface area (Å²) in [6, 6.07) is 0.688. The highest BCUT2D eigenvalue weighted by Gasteiger charge is 2.36. The molecule has 1 N–H and O–H groups in total. The van der Waals surface area contributed by atoms with Gasteiger partial charge in [0.25, 0.3) is 0 Å². The van der Waals surface area contributed by atoms with Gasteiger partial charge in [0.05, 0.1) is 6.04 Å². The third-order valence-corrected chi connectivity index (χ3v) is 5.22. The molecule has 2 aliphatic rings. The van der Waals surface area contributed by atoms with Crippen molar-refractivity contribution in [3.05, 3.63) is 4.91 Å². The van der Waals surface area contributed by atoms with Crippen LogP contribution in [0.25, 0.3) is 0 Å². The highest BCUT2D eigenvalue weighted by Crippen LogP contribution is 2.35. The van der Waals surface area contributed by atoms with Crippen LogP contribution in [0.2, 0.25) is 0 Å². The molecule has 0 spiro atoms. The molecular formula is C14H26N2O2. The average molecular weight is 254 g/mol. The lowest BCUT2D eigenvalue weighted by atomic mass is 9.76. The molecule has 4 heteroatoms. The second-order valence-corrected chi connectivity index (χ2v) is 6.25. The second-order valence-electron chi connectivity index (χ2n) is 6.25. The number of hydrogen-bond donors (Lipinski definition) is 1. The van der Waals surface area contributed by atoms with E-state index >= 15 is 0 Å². The summed E-state index contributed by atoms with van der Waals surface area (Å²) in [7, 11) is 0. The van der Waals surface area contributed by atoms with Crippen molar-refractivity contribution in [2.75, 3.05) is 19.7 Å². The predicted octanol–water partition coefficient (Wildman–Crippen LogP) is 2.26. The van der Waals surface area contributed by atoms with Crippen LogP contribution < -0.4 is 0 Å². The zero-order valence-corrected chi connectivity index (χ0v) is 11.6. The molecule has 1 aliphatic heterocycles. The molecule has 0 aromatic carbocycles. The highest BCUT2D eigenvalue weighted by molar-refractivity contribution is 4.90. The van der Waals surface area contributed by atoms with Crippen LogP contribution in [0.15, 0.2) is 5.18 Å². The quantitative estimate of drug-likeness (QED) is 0.766. The third kappa shape index (κ3) is 2.91. The van der Waals surface area contributed by atoms with Crippen LogP contribution in [-0.4, -0.2) is 41.8 Å². The molecule has 2 rings (SSSR count). The molecule has 0 aromatic rings. The van der Waals surface area contributed by atoms with Crippen molar-refractivity contribution in [2.45, 2.75) is 51.6 Å². The predicted molar refractivity (Wildman–Crippen MR) is 72.3 cm³/mol. The van der Waals surface area contributed by atoms with E-state index in [9.17, 15) is 4.91 Å². The van der Waals surface area contributed by atoms with Gasteiger partial charge in [0, 0.05) is 19.2 Å². The Morgan fingerprint density at radius 2 is 2.06 bits per heavy atom. The minimum Gasteiger partial charge on any atom is -0.396 e. The van der Waals surface area contributed by atoms with Gasteiger partial charge in [0.1, 0.15) is 0 Å². The normalized spacial score (nSPS) is 41.4. The maximum atomic E-state index is 10.4. The van der Waals surface area contributed by atoms with Crippen molar-refractivity contribution in [1.82, 2.24) is 4.90 Å². The monoisotopic (exact) mass is 254 g/mol. The van der Waals surface area contributed by atoms with Gasteiger partial charge in [0.15, 0.2) is 0 Å². The maximum absolute atomic E-state index is 10.4. The Morgan fingerprint density at radius 1 is 1.33 bits per heavy atom. The molecule has 0 aromatic heterocycles.